The third-order valence-electron chi connectivity index (χ3n) is 8.70. The molecule has 31 heavy (non-hydrogen) atoms. The molecule has 0 heterocycles. The van der Waals surface area contributed by atoms with E-state index in [9.17, 15) is 20.4 Å². The number of hydrogen-bond acceptors (Lipinski definition) is 4. The van der Waals surface area contributed by atoms with Gasteiger partial charge in [-0.3, -0.25) is 0 Å². The molecule has 4 nitrogen and oxygen atoms in total. The minimum Gasteiger partial charge on any atom is -0.393 e. The van der Waals surface area contributed by atoms with Crippen LogP contribution >= 0.6 is 0 Å². The van der Waals surface area contributed by atoms with Crippen molar-refractivity contribution in [1.82, 2.24) is 0 Å². The minimum atomic E-state index is -1.04. The Morgan fingerprint density at radius 2 is 1.90 bits per heavy atom. The molecule has 4 N–H and O–H groups in total. The molecule has 0 amide bonds. The molecule has 0 aromatic heterocycles. The van der Waals surface area contributed by atoms with E-state index in [0.717, 1.165) is 24.0 Å². The maximum Gasteiger partial charge on any atom is 0.0849 e. The molecule has 4 heteroatoms. The zero-order valence-corrected chi connectivity index (χ0v) is 20.0. The highest BCUT2D eigenvalue weighted by molar-refractivity contribution is 5.38. The fourth-order valence-electron chi connectivity index (χ4n) is 6.65. The van der Waals surface area contributed by atoms with Crippen LogP contribution in [-0.4, -0.2) is 44.3 Å². The molecule has 4 unspecified atom stereocenters. The predicted octanol–water partition coefficient (Wildman–Crippen LogP) is 4.68. The second kappa shape index (κ2) is 9.51. The Labute approximate surface area is 188 Å². The predicted molar refractivity (Wildman–Crippen MR) is 125 cm³/mol. The third kappa shape index (κ3) is 5.35. The molecular formula is C27H44O4. The van der Waals surface area contributed by atoms with Crippen LogP contribution < -0.4 is 0 Å². The Kier molecular flexibility index (Phi) is 7.57. The molecule has 3 rings (SSSR count). The highest BCUT2D eigenvalue weighted by Gasteiger charge is 2.50. The molecule has 3 aliphatic rings. The van der Waals surface area contributed by atoms with Gasteiger partial charge in [0.05, 0.1) is 23.9 Å². The first-order valence-corrected chi connectivity index (χ1v) is 12.3. The van der Waals surface area contributed by atoms with Crippen LogP contribution in [0.2, 0.25) is 0 Å². The van der Waals surface area contributed by atoms with Gasteiger partial charge >= 0.3 is 0 Å². The SMILES string of the molecule is C=C1C(=CC=C2CCCC3(C)C2CCC3[C@@H](C)CC[C@@H](O)C(C)(C)O)C[C@H](O)CC1O. The van der Waals surface area contributed by atoms with Crippen molar-refractivity contribution in [2.75, 3.05) is 0 Å². The van der Waals surface area contributed by atoms with Crippen molar-refractivity contribution in [2.45, 2.75) is 109 Å². The maximum atomic E-state index is 10.3. The van der Waals surface area contributed by atoms with Crippen LogP contribution in [-0.2, 0) is 0 Å². The number of fused-ring (bicyclic) bond motifs is 1. The van der Waals surface area contributed by atoms with Gasteiger partial charge in [-0.05, 0) is 99.5 Å². The molecule has 7 atom stereocenters. The molecule has 3 saturated carbocycles. The van der Waals surface area contributed by atoms with Crippen LogP contribution in [0.15, 0.2) is 35.5 Å². The normalized spacial score (nSPS) is 39.0. The second-order valence-electron chi connectivity index (χ2n) is 11.4. The standard InChI is InChI=1S/C27H44O4/c1-17(8-13-25(30)26(3,4)31)22-11-12-23-19(7-6-14-27(22,23)5)9-10-20-15-21(28)16-24(29)18(20)2/h9-10,17,21-25,28-31H,2,6-8,11-16H2,1,3-5H3/t17-,21-,22?,23?,24?,25+,27?/m0/s1. The van der Waals surface area contributed by atoms with Crippen LogP contribution in [0.25, 0.3) is 0 Å². The molecule has 0 bridgehead atoms. The quantitative estimate of drug-likeness (QED) is 0.491. The van der Waals surface area contributed by atoms with E-state index in [4.69, 9.17) is 0 Å². The van der Waals surface area contributed by atoms with Gasteiger partial charge < -0.3 is 20.4 Å². The summed E-state index contributed by atoms with van der Waals surface area (Å²) in [7, 11) is 0. The lowest BCUT2D eigenvalue weighted by Crippen LogP contribution is -2.38. The van der Waals surface area contributed by atoms with Crippen molar-refractivity contribution in [2.24, 2.45) is 23.2 Å². The van der Waals surface area contributed by atoms with Crippen molar-refractivity contribution in [3.63, 3.8) is 0 Å². The van der Waals surface area contributed by atoms with Gasteiger partial charge in [-0.1, -0.05) is 38.2 Å². The van der Waals surface area contributed by atoms with E-state index in [0.29, 0.717) is 37.0 Å². The van der Waals surface area contributed by atoms with Crippen molar-refractivity contribution in [3.05, 3.63) is 35.5 Å². The van der Waals surface area contributed by atoms with E-state index in [1.165, 1.54) is 31.3 Å². The van der Waals surface area contributed by atoms with Crippen molar-refractivity contribution in [3.8, 4) is 0 Å². The molecule has 0 aromatic rings. The number of aliphatic hydroxyl groups excluding tert-OH is 3. The van der Waals surface area contributed by atoms with Gasteiger partial charge in [-0.15, -0.1) is 0 Å². The Morgan fingerprint density at radius 1 is 1.19 bits per heavy atom. The molecule has 0 radical (unpaired) electrons. The highest BCUT2D eigenvalue weighted by atomic mass is 16.3. The minimum absolute atomic E-state index is 0.282. The van der Waals surface area contributed by atoms with Crippen molar-refractivity contribution < 1.29 is 20.4 Å². The lowest BCUT2D eigenvalue weighted by atomic mass is 9.60. The maximum absolute atomic E-state index is 10.3. The summed E-state index contributed by atoms with van der Waals surface area (Å²) in [5.74, 6) is 1.74. The lowest BCUT2D eigenvalue weighted by molar-refractivity contribution is -0.0554. The summed E-state index contributed by atoms with van der Waals surface area (Å²) in [4.78, 5) is 0. The molecule has 0 aliphatic heterocycles. The zero-order valence-electron chi connectivity index (χ0n) is 20.0. The summed E-state index contributed by atoms with van der Waals surface area (Å²) in [6, 6.07) is 0. The molecular weight excluding hydrogens is 388 g/mol. The average molecular weight is 433 g/mol. The number of hydrogen-bond donors (Lipinski definition) is 4. The Morgan fingerprint density at radius 3 is 2.58 bits per heavy atom. The molecule has 3 aliphatic carbocycles. The molecule has 0 saturated heterocycles. The van der Waals surface area contributed by atoms with E-state index in [2.05, 4.69) is 32.6 Å². The first kappa shape index (κ1) is 24.7. The topological polar surface area (TPSA) is 80.9 Å². The van der Waals surface area contributed by atoms with Gasteiger partial charge in [0.15, 0.2) is 0 Å². The summed E-state index contributed by atoms with van der Waals surface area (Å²) in [6.07, 6.45) is 11.1. The zero-order chi connectivity index (χ0) is 23.0. The smallest absolute Gasteiger partial charge is 0.0849 e. The summed E-state index contributed by atoms with van der Waals surface area (Å²) in [5.41, 5.74) is 2.48. The van der Waals surface area contributed by atoms with Gasteiger partial charge in [0, 0.05) is 6.42 Å². The van der Waals surface area contributed by atoms with Gasteiger partial charge in [-0.25, -0.2) is 0 Å². The number of rotatable bonds is 6. The molecule has 176 valence electrons. The van der Waals surface area contributed by atoms with E-state index in [1.54, 1.807) is 13.8 Å². The average Bonchev–Trinajstić information content (AvgIpc) is 3.04. The Hall–Kier alpha value is -0.940. The van der Waals surface area contributed by atoms with Crippen LogP contribution in [0.3, 0.4) is 0 Å². The number of allylic oxidation sites excluding steroid dienone is 3. The van der Waals surface area contributed by atoms with E-state index < -0.39 is 23.9 Å². The first-order valence-electron chi connectivity index (χ1n) is 12.3. The summed E-state index contributed by atoms with van der Waals surface area (Å²) in [5, 5.41) is 40.5. The fourth-order valence-corrected chi connectivity index (χ4v) is 6.65. The summed E-state index contributed by atoms with van der Waals surface area (Å²) >= 11 is 0. The van der Waals surface area contributed by atoms with E-state index in [-0.39, 0.29) is 5.41 Å². The summed E-state index contributed by atoms with van der Waals surface area (Å²) < 4.78 is 0. The number of aliphatic hydroxyl groups is 4. The molecule has 0 spiro atoms. The van der Waals surface area contributed by atoms with Gasteiger partial charge in [0.25, 0.3) is 0 Å². The Bertz CT molecular complexity index is 715. The van der Waals surface area contributed by atoms with Crippen LogP contribution in [0, 0.1) is 23.2 Å². The molecule has 0 aromatic carbocycles. The molecule has 3 fully saturated rings. The van der Waals surface area contributed by atoms with Crippen LogP contribution in [0.5, 0.6) is 0 Å². The van der Waals surface area contributed by atoms with Crippen molar-refractivity contribution >= 4 is 0 Å². The summed E-state index contributed by atoms with van der Waals surface area (Å²) in [6.45, 7) is 12.2. The largest absolute Gasteiger partial charge is 0.393 e. The van der Waals surface area contributed by atoms with E-state index in [1.807, 2.05) is 0 Å². The first-order chi connectivity index (χ1) is 14.4. The third-order valence-corrected chi connectivity index (χ3v) is 8.70. The second-order valence-corrected chi connectivity index (χ2v) is 11.4. The van der Waals surface area contributed by atoms with Gasteiger partial charge in [0.2, 0.25) is 0 Å². The highest BCUT2D eigenvalue weighted by Crippen LogP contribution is 2.60. The monoisotopic (exact) mass is 432 g/mol. The van der Waals surface area contributed by atoms with E-state index >= 15 is 0 Å². The van der Waals surface area contributed by atoms with Crippen LogP contribution in [0.1, 0.15) is 85.5 Å². The van der Waals surface area contributed by atoms with Gasteiger partial charge in [-0.2, -0.15) is 0 Å². The van der Waals surface area contributed by atoms with Crippen LogP contribution in [0.4, 0.5) is 0 Å². The van der Waals surface area contributed by atoms with Gasteiger partial charge in [0.1, 0.15) is 0 Å². The fraction of sp³-hybridized carbons (Fsp3) is 0.778. The lowest BCUT2D eigenvalue weighted by Gasteiger charge is -2.44. The Balaban J connectivity index is 1.71. The van der Waals surface area contributed by atoms with Crippen molar-refractivity contribution in [1.29, 1.82) is 0 Å².